The number of nitrogens with two attached hydrogens (primary N) is 1. The van der Waals surface area contributed by atoms with Crippen LogP contribution in [0.2, 0.25) is 0 Å². The van der Waals surface area contributed by atoms with E-state index in [9.17, 15) is 9.59 Å². The van der Waals surface area contributed by atoms with Gasteiger partial charge in [-0.05, 0) is 6.92 Å². The summed E-state index contributed by atoms with van der Waals surface area (Å²) in [6, 6.07) is 0. The van der Waals surface area contributed by atoms with Crippen LogP contribution in [-0.2, 0) is 6.54 Å². The highest BCUT2D eigenvalue weighted by molar-refractivity contribution is 5.92. The molecule has 5 nitrogen and oxygen atoms in total. The number of primary amides is 1. The van der Waals surface area contributed by atoms with Crippen molar-refractivity contribution in [3.63, 3.8) is 0 Å². The van der Waals surface area contributed by atoms with Crippen molar-refractivity contribution in [1.29, 1.82) is 0 Å². The van der Waals surface area contributed by atoms with Gasteiger partial charge < -0.3 is 5.73 Å². The van der Waals surface area contributed by atoms with Crippen LogP contribution in [-0.4, -0.2) is 15.5 Å². The molecular weight excluding hydrogens is 158 g/mol. The van der Waals surface area contributed by atoms with E-state index in [4.69, 9.17) is 5.73 Å². The van der Waals surface area contributed by atoms with Gasteiger partial charge in [-0.2, -0.15) is 0 Å². The minimum Gasteiger partial charge on any atom is -0.366 e. The highest BCUT2D eigenvalue weighted by Gasteiger charge is 2.02. The fraction of sp³-hybridized carbons (Fsp3) is 0.286. The van der Waals surface area contributed by atoms with E-state index >= 15 is 0 Å². The maximum atomic E-state index is 10.9. The number of aromatic nitrogens is 2. The molecule has 0 saturated heterocycles. The third-order valence-corrected chi connectivity index (χ3v) is 1.48. The molecule has 0 saturated carbocycles. The topological polar surface area (TPSA) is 78.0 Å². The van der Waals surface area contributed by atoms with Crippen LogP contribution in [0.1, 0.15) is 17.3 Å². The van der Waals surface area contributed by atoms with Gasteiger partial charge in [0.05, 0.1) is 5.56 Å². The van der Waals surface area contributed by atoms with Gasteiger partial charge in [0.1, 0.15) is 0 Å². The zero-order valence-electron chi connectivity index (χ0n) is 6.65. The lowest BCUT2D eigenvalue weighted by Crippen LogP contribution is -2.24. The highest BCUT2D eigenvalue weighted by Crippen LogP contribution is 1.90. The minimum atomic E-state index is -0.579. The largest absolute Gasteiger partial charge is 0.366 e. The van der Waals surface area contributed by atoms with E-state index in [0.29, 0.717) is 6.54 Å². The Balaban J connectivity index is 3.23. The first kappa shape index (κ1) is 8.45. The lowest BCUT2D eigenvalue weighted by atomic mass is 10.3. The molecule has 64 valence electrons. The minimum absolute atomic E-state index is 0.247. The standard InChI is InChI=1S/C7H9N3O2/c1-2-10-4-5(6(8)11)3-9-7(10)12/h3-4H,2H2,1H3,(H2,8,11). The monoisotopic (exact) mass is 167 g/mol. The van der Waals surface area contributed by atoms with Crippen LogP contribution >= 0.6 is 0 Å². The van der Waals surface area contributed by atoms with Crippen molar-refractivity contribution >= 4 is 5.91 Å². The number of carbonyl (C=O) groups excluding carboxylic acids is 1. The number of carbonyl (C=O) groups is 1. The lowest BCUT2D eigenvalue weighted by Gasteiger charge is -2.00. The second kappa shape index (κ2) is 3.17. The summed E-state index contributed by atoms with van der Waals surface area (Å²) in [7, 11) is 0. The molecular formula is C7H9N3O2. The van der Waals surface area contributed by atoms with E-state index < -0.39 is 5.91 Å². The van der Waals surface area contributed by atoms with Gasteiger partial charge in [0.25, 0.3) is 5.91 Å². The summed E-state index contributed by atoms with van der Waals surface area (Å²) in [6.07, 6.45) is 2.58. The molecule has 0 aliphatic heterocycles. The summed E-state index contributed by atoms with van der Waals surface area (Å²) in [5, 5.41) is 0. The van der Waals surface area contributed by atoms with Gasteiger partial charge in [-0.15, -0.1) is 0 Å². The molecule has 0 unspecified atom stereocenters. The SMILES string of the molecule is CCn1cc(C(N)=O)cnc1=O. The molecule has 1 aromatic rings. The smallest absolute Gasteiger partial charge is 0.347 e. The fourth-order valence-corrected chi connectivity index (χ4v) is 0.809. The average Bonchev–Trinajstić information content (AvgIpc) is 2.05. The fourth-order valence-electron chi connectivity index (χ4n) is 0.809. The van der Waals surface area contributed by atoms with Crippen molar-refractivity contribution in [3.8, 4) is 0 Å². The molecule has 2 N–H and O–H groups in total. The van der Waals surface area contributed by atoms with E-state index in [1.54, 1.807) is 6.92 Å². The van der Waals surface area contributed by atoms with Crippen molar-refractivity contribution in [1.82, 2.24) is 9.55 Å². The summed E-state index contributed by atoms with van der Waals surface area (Å²) in [6.45, 7) is 2.26. The van der Waals surface area contributed by atoms with Crippen LogP contribution in [0.5, 0.6) is 0 Å². The van der Waals surface area contributed by atoms with Gasteiger partial charge in [0, 0.05) is 18.9 Å². The second-order valence-electron chi connectivity index (χ2n) is 2.28. The Morgan fingerprint density at radius 2 is 2.42 bits per heavy atom. The normalized spacial score (nSPS) is 9.75. The van der Waals surface area contributed by atoms with E-state index in [1.807, 2.05) is 0 Å². The van der Waals surface area contributed by atoms with Gasteiger partial charge in [-0.1, -0.05) is 0 Å². The van der Waals surface area contributed by atoms with Gasteiger partial charge >= 0.3 is 5.69 Å². The van der Waals surface area contributed by atoms with Crippen LogP contribution in [0.15, 0.2) is 17.2 Å². The molecule has 0 aliphatic rings. The first-order valence-corrected chi connectivity index (χ1v) is 3.51. The summed E-state index contributed by atoms with van der Waals surface area (Å²) >= 11 is 0. The Morgan fingerprint density at radius 3 is 2.92 bits per heavy atom. The van der Waals surface area contributed by atoms with Crippen molar-refractivity contribution in [2.24, 2.45) is 5.73 Å². The van der Waals surface area contributed by atoms with Crippen LogP contribution in [0.25, 0.3) is 0 Å². The molecule has 0 atom stereocenters. The quantitative estimate of drug-likeness (QED) is 0.636. The third kappa shape index (κ3) is 1.50. The van der Waals surface area contributed by atoms with E-state index in [-0.39, 0.29) is 11.3 Å². The molecule has 5 heteroatoms. The van der Waals surface area contributed by atoms with E-state index in [2.05, 4.69) is 4.98 Å². The first-order valence-electron chi connectivity index (χ1n) is 3.51. The lowest BCUT2D eigenvalue weighted by molar-refractivity contribution is 0.0999. The van der Waals surface area contributed by atoms with E-state index in [1.165, 1.54) is 17.0 Å². The molecule has 12 heavy (non-hydrogen) atoms. The second-order valence-corrected chi connectivity index (χ2v) is 2.28. The number of aryl methyl sites for hydroxylation is 1. The summed E-state index contributed by atoms with van der Waals surface area (Å²) in [5.41, 5.74) is 4.87. The first-order chi connectivity index (χ1) is 5.65. The molecule has 1 heterocycles. The zero-order chi connectivity index (χ0) is 9.14. The Bertz CT molecular complexity index is 356. The number of rotatable bonds is 2. The van der Waals surface area contributed by atoms with Gasteiger partial charge in [0.2, 0.25) is 0 Å². The molecule has 0 spiro atoms. The van der Waals surface area contributed by atoms with Crippen molar-refractivity contribution < 1.29 is 4.79 Å². The van der Waals surface area contributed by atoms with Gasteiger partial charge in [-0.3, -0.25) is 9.36 Å². The van der Waals surface area contributed by atoms with Gasteiger partial charge in [-0.25, -0.2) is 9.78 Å². The van der Waals surface area contributed by atoms with Crippen LogP contribution in [0, 0.1) is 0 Å². The van der Waals surface area contributed by atoms with E-state index in [0.717, 1.165) is 0 Å². The predicted octanol–water partition coefficient (Wildman–Crippen LogP) is -0.638. The molecule has 0 aliphatic carbocycles. The van der Waals surface area contributed by atoms with Crippen LogP contribution in [0.4, 0.5) is 0 Å². The predicted molar refractivity (Wildman–Crippen MR) is 42.7 cm³/mol. The maximum absolute atomic E-state index is 10.9. The maximum Gasteiger partial charge on any atom is 0.347 e. The van der Waals surface area contributed by atoms with Crippen molar-refractivity contribution in [2.75, 3.05) is 0 Å². The summed E-state index contributed by atoms with van der Waals surface area (Å²) in [5.74, 6) is -0.579. The molecule has 0 fully saturated rings. The Kier molecular flexibility index (Phi) is 2.23. The zero-order valence-corrected chi connectivity index (χ0v) is 6.65. The number of amides is 1. The number of nitrogens with zero attached hydrogens (tertiary/aromatic N) is 2. The summed E-state index contributed by atoms with van der Waals surface area (Å²) in [4.78, 5) is 25.0. The summed E-state index contributed by atoms with van der Waals surface area (Å²) < 4.78 is 1.32. The van der Waals surface area contributed by atoms with Crippen molar-refractivity contribution in [3.05, 3.63) is 28.4 Å². The number of hydrogen-bond acceptors (Lipinski definition) is 3. The van der Waals surface area contributed by atoms with Crippen LogP contribution in [0.3, 0.4) is 0 Å². The Morgan fingerprint density at radius 1 is 1.75 bits per heavy atom. The number of hydrogen-bond donors (Lipinski definition) is 1. The Labute approximate surface area is 68.8 Å². The van der Waals surface area contributed by atoms with Gasteiger partial charge in [0.15, 0.2) is 0 Å². The average molecular weight is 167 g/mol. The molecule has 1 rings (SSSR count). The highest BCUT2D eigenvalue weighted by atomic mass is 16.1. The van der Waals surface area contributed by atoms with Crippen molar-refractivity contribution in [2.45, 2.75) is 13.5 Å². The molecule has 1 aromatic heterocycles. The Hall–Kier alpha value is -1.65. The molecule has 0 bridgehead atoms. The van der Waals surface area contributed by atoms with Crippen LogP contribution < -0.4 is 11.4 Å². The third-order valence-electron chi connectivity index (χ3n) is 1.48. The molecule has 1 amide bonds. The molecule has 0 radical (unpaired) electrons. The molecule has 0 aromatic carbocycles.